The minimum atomic E-state index is -0.0902. The number of rotatable bonds is 7. The van der Waals surface area contributed by atoms with Crippen LogP contribution in [0.25, 0.3) is 0 Å². The van der Waals surface area contributed by atoms with Crippen LogP contribution >= 0.6 is 0 Å². The summed E-state index contributed by atoms with van der Waals surface area (Å²) < 4.78 is 0. The van der Waals surface area contributed by atoms with Crippen molar-refractivity contribution in [3.8, 4) is 0 Å². The van der Waals surface area contributed by atoms with E-state index >= 15 is 0 Å². The quantitative estimate of drug-likeness (QED) is 0.821. The number of nitrogens with zero attached hydrogens (tertiary/aromatic N) is 2. The van der Waals surface area contributed by atoms with E-state index in [0.717, 1.165) is 11.3 Å². The van der Waals surface area contributed by atoms with Gasteiger partial charge in [-0.15, -0.1) is 0 Å². The van der Waals surface area contributed by atoms with E-state index in [1.807, 2.05) is 42.3 Å². The van der Waals surface area contributed by atoms with Crippen LogP contribution in [0.2, 0.25) is 0 Å². The fourth-order valence-electron chi connectivity index (χ4n) is 2.41. The summed E-state index contributed by atoms with van der Waals surface area (Å²) in [5.74, 6) is -0.0902. The summed E-state index contributed by atoms with van der Waals surface area (Å²) in [6.45, 7) is 0.331. The lowest BCUT2D eigenvalue weighted by Gasteiger charge is -2.27. The molecule has 1 heterocycles. The maximum Gasteiger partial charge on any atom is 0.238 e. The summed E-state index contributed by atoms with van der Waals surface area (Å²) in [7, 11) is 1.89. The largest absolute Gasteiger partial charge is 0.396 e. The number of pyridine rings is 1. The van der Waals surface area contributed by atoms with Crippen LogP contribution < -0.4 is 5.32 Å². The molecular weight excluding hydrogens is 278 g/mol. The number of aliphatic hydroxyl groups is 1. The second kappa shape index (κ2) is 8.26. The van der Waals surface area contributed by atoms with Gasteiger partial charge in [0.25, 0.3) is 0 Å². The average Bonchev–Trinajstić information content (AvgIpc) is 2.54. The molecule has 2 aromatic rings. The Labute approximate surface area is 130 Å². The second-order valence-electron chi connectivity index (χ2n) is 5.14. The van der Waals surface area contributed by atoms with Crippen LogP contribution in [0.4, 0.5) is 5.69 Å². The zero-order valence-electron chi connectivity index (χ0n) is 12.6. The Kier molecular flexibility index (Phi) is 6.06. The standard InChI is InChI=1S/C17H21N3O2/c1-20(13-17(22)19-15-7-10-18-11-8-15)16(9-12-21)14-5-3-2-4-6-14/h2-8,10-11,16,21H,9,12-13H2,1H3,(H,18,19,22). The van der Waals surface area contributed by atoms with Gasteiger partial charge in [-0.1, -0.05) is 30.3 Å². The van der Waals surface area contributed by atoms with Crippen molar-refractivity contribution in [3.05, 3.63) is 60.4 Å². The van der Waals surface area contributed by atoms with E-state index in [-0.39, 0.29) is 25.1 Å². The lowest BCUT2D eigenvalue weighted by atomic mass is 10.0. The first-order valence-electron chi connectivity index (χ1n) is 7.26. The zero-order chi connectivity index (χ0) is 15.8. The van der Waals surface area contributed by atoms with E-state index < -0.39 is 0 Å². The molecule has 0 saturated heterocycles. The molecule has 2 N–H and O–H groups in total. The molecule has 0 bridgehead atoms. The predicted molar refractivity (Wildman–Crippen MR) is 86.4 cm³/mol. The topological polar surface area (TPSA) is 65.5 Å². The minimum absolute atomic E-state index is 0.00869. The molecule has 1 amide bonds. The van der Waals surface area contributed by atoms with Crippen molar-refractivity contribution in [1.82, 2.24) is 9.88 Å². The van der Waals surface area contributed by atoms with Crippen molar-refractivity contribution in [1.29, 1.82) is 0 Å². The molecule has 116 valence electrons. The number of benzene rings is 1. The number of carbonyl (C=O) groups is 1. The van der Waals surface area contributed by atoms with Crippen LogP contribution in [-0.2, 0) is 4.79 Å². The molecule has 0 fully saturated rings. The molecule has 0 radical (unpaired) electrons. The van der Waals surface area contributed by atoms with E-state index in [4.69, 9.17) is 0 Å². The average molecular weight is 299 g/mol. The number of carbonyl (C=O) groups excluding carboxylic acids is 1. The maximum atomic E-state index is 12.1. The highest BCUT2D eigenvalue weighted by atomic mass is 16.3. The number of anilines is 1. The molecule has 1 aromatic heterocycles. The molecule has 0 aliphatic rings. The van der Waals surface area contributed by atoms with E-state index in [2.05, 4.69) is 10.3 Å². The van der Waals surface area contributed by atoms with Gasteiger partial charge in [0.2, 0.25) is 5.91 Å². The van der Waals surface area contributed by atoms with Crippen molar-refractivity contribution in [2.75, 3.05) is 25.5 Å². The van der Waals surface area contributed by atoms with Gasteiger partial charge in [-0.05, 0) is 31.2 Å². The fraction of sp³-hybridized carbons (Fsp3) is 0.294. The third-order valence-corrected chi connectivity index (χ3v) is 3.48. The minimum Gasteiger partial charge on any atom is -0.396 e. The van der Waals surface area contributed by atoms with Crippen LogP contribution in [0.1, 0.15) is 18.0 Å². The molecule has 0 spiro atoms. The number of nitrogens with one attached hydrogen (secondary N) is 1. The van der Waals surface area contributed by atoms with E-state index in [1.54, 1.807) is 24.5 Å². The van der Waals surface area contributed by atoms with Crippen molar-refractivity contribution in [2.24, 2.45) is 0 Å². The van der Waals surface area contributed by atoms with Gasteiger partial charge < -0.3 is 10.4 Å². The number of hydrogen-bond acceptors (Lipinski definition) is 4. The third-order valence-electron chi connectivity index (χ3n) is 3.48. The van der Waals surface area contributed by atoms with Gasteiger partial charge >= 0.3 is 0 Å². The monoisotopic (exact) mass is 299 g/mol. The Morgan fingerprint density at radius 1 is 1.23 bits per heavy atom. The SMILES string of the molecule is CN(CC(=O)Nc1ccncc1)C(CCO)c1ccccc1. The summed E-state index contributed by atoms with van der Waals surface area (Å²) in [6.07, 6.45) is 3.86. The molecule has 0 aliphatic heterocycles. The van der Waals surface area contributed by atoms with Crippen LogP contribution in [0.15, 0.2) is 54.9 Å². The van der Waals surface area contributed by atoms with Crippen LogP contribution in [0, 0.1) is 0 Å². The molecule has 5 nitrogen and oxygen atoms in total. The predicted octanol–water partition coefficient (Wildman–Crippen LogP) is 2.08. The zero-order valence-corrected chi connectivity index (χ0v) is 12.6. The number of hydrogen-bond donors (Lipinski definition) is 2. The van der Waals surface area contributed by atoms with Crippen molar-refractivity contribution < 1.29 is 9.90 Å². The van der Waals surface area contributed by atoms with Crippen molar-refractivity contribution in [3.63, 3.8) is 0 Å². The Hall–Kier alpha value is -2.24. The Balaban J connectivity index is 1.99. The number of amides is 1. The Morgan fingerprint density at radius 2 is 1.91 bits per heavy atom. The van der Waals surface area contributed by atoms with Crippen LogP contribution in [0.5, 0.6) is 0 Å². The fourth-order valence-corrected chi connectivity index (χ4v) is 2.41. The second-order valence-corrected chi connectivity index (χ2v) is 5.14. The molecule has 22 heavy (non-hydrogen) atoms. The van der Waals surface area contributed by atoms with Crippen molar-refractivity contribution >= 4 is 11.6 Å². The van der Waals surface area contributed by atoms with E-state index in [0.29, 0.717) is 6.42 Å². The molecule has 1 unspecified atom stereocenters. The molecule has 0 aliphatic carbocycles. The summed E-state index contributed by atoms with van der Waals surface area (Å²) in [5, 5.41) is 12.1. The van der Waals surface area contributed by atoms with Crippen LogP contribution in [0.3, 0.4) is 0 Å². The Bertz CT molecular complexity index is 575. The summed E-state index contributed by atoms with van der Waals surface area (Å²) in [6, 6.07) is 13.4. The van der Waals surface area contributed by atoms with E-state index in [9.17, 15) is 9.90 Å². The third kappa shape index (κ3) is 4.65. The molecule has 1 aromatic carbocycles. The smallest absolute Gasteiger partial charge is 0.238 e. The molecule has 1 atom stereocenters. The lowest BCUT2D eigenvalue weighted by Crippen LogP contribution is -2.33. The highest BCUT2D eigenvalue weighted by Gasteiger charge is 2.18. The first-order chi connectivity index (χ1) is 10.7. The summed E-state index contributed by atoms with van der Waals surface area (Å²) in [5.41, 5.74) is 1.82. The van der Waals surface area contributed by atoms with Gasteiger partial charge in [-0.3, -0.25) is 14.7 Å². The van der Waals surface area contributed by atoms with Crippen molar-refractivity contribution in [2.45, 2.75) is 12.5 Å². The number of likely N-dealkylation sites (N-methyl/N-ethyl adjacent to an activating group) is 1. The van der Waals surface area contributed by atoms with Gasteiger partial charge in [0.15, 0.2) is 0 Å². The van der Waals surface area contributed by atoms with Gasteiger partial charge in [0.1, 0.15) is 0 Å². The first kappa shape index (κ1) is 16.1. The molecule has 0 saturated carbocycles. The highest BCUT2D eigenvalue weighted by Crippen LogP contribution is 2.22. The highest BCUT2D eigenvalue weighted by molar-refractivity contribution is 5.92. The number of aromatic nitrogens is 1. The Morgan fingerprint density at radius 3 is 2.55 bits per heavy atom. The molecule has 2 rings (SSSR count). The first-order valence-corrected chi connectivity index (χ1v) is 7.26. The molecule has 5 heteroatoms. The van der Waals surface area contributed by atoms with Crippen LogP contribution in [-0.4, -0.2) is 41.1 Å². The van der Waals surface area contributed by atoms with E-state index in [1.165, 1.54) is 0 Å². The molecular formula is C17H21N3O2. The lowest BCUT2D eigenvalue weighted by molar-refractivity contribution is -0.117. The maximum absolute atomic E-state index is 12.1. The normalized spacial score (nSPS) is 12.1. The van der Waals surface area contributed by atoms with Gasteiger partial charge in [0.05, 0.1) is 6.54 Å². The summed E-state index contributed by atoms with van der Waals surface area (Å²) in [4.78, 5) is 18.0. The van der Waals surface area contributed by atoms with Gasteiger partial charge in [-0.25, -0.2) is 0 Å². The number of aliphatic hydroxyl groups excluding tert-OH is 1. The summed E-state index contributed by atoms with van der Waals surface area (Å²) >= 11 is 0. The van der Waals surface area contributed by atoms with Gasteiger partial charge in [-0.2, -0.15) is 0 Å². The van der Waals surface area contributed by atoms with Gasteiger partial charge in [0, 0.05) is 30.7 Å².